The van der Waals surface area contributed by atoms with Gasteiger partial charge in [0.05, 0.1) is 36.2 Å². The highest BCUT2D eigenvalue weighted by molar-refractivity contribution is 6.00. The number of anilines is 2. The molecule has 1 atom stereocenters. The molecule has 7 heterocycles. The minimum absolute atomic E-state index is 0.0711. The topological polar surface area (TPSA) is 139 Å². The van der Waals surface area contributed by atoms with E-state index in [2.05, 4.69) is 48.1 Å². The number of hydrogen-bond donors (Lipinski definition) is 1. The number of carbonyl (C=O) groups is 2. The molecule has 15 nitrogen and oxygen atoms in total. The fourth-order valence-electron chi connectivity index (χ4n) is 9.48. The summed E-state index contributed by atoms with van der Waals surface area (Å²) >= 11 is 0. The summed E-state index contributed by atoms with van der Waals surface area (Å²) in [6, 6.07) is 11.5. The number of amides is 2. The maximum Gasteiger partial charge on any atom is 0.329 e. The van der Waals surface area contributed by atoms with E-state index in [1.807, 2.05) is 24.4 Å². The van der Waals surface area contributed by atoms with Gasteiger partial charge in [0.2, 0.25) is 11.8 Å². The van der Waals surface area contributed by atoms with Crippen molar-refractivity contribution in [3.05, 3.63) is 75.2 Å². The van der Waals surface area contributed by atoms with Crippen molar-refractivity contribution in [1.29, 1.82) is 0 Å². The van der Waals surface area contributed by atoms with Crippen LogP contribution >= 0.6 is 0 Å². The number of methoxy groups -OCH3 is 2. The van der Waals surface area contributed by atoms with E-state index >= 15 is 0 Å². The maximum absolute atomic E-state index is 13.3. The van der Waals surface area contributed by atoms with E-state index in [9.17, 15) is 19.2 Å². The summed E-state index contributed by atoms with van der Waals surface area (Å²) in [5.74, 6) is 2.34. The molecule has 3 aromatic heterocycles. The third kappa shape index (κ3) is 7.24. The first-order valence-corrected chi connectivity index (χ1v) is 20.8. The van der Waals surface area contributed by atoms with E-state index in [1.165, 1.54) is 4.57 Å². The number of likely N-dealkylation sites (tertiary alicyclic amines) is 1. The number of ether oxygens (including phenoxy) is 2. The van der Waals surface area contributed by atoms with E-state index in [-0.39, 0.29) is 23.6 Å². The Kier molecular flexibility index (Phi) is 10.4. The molecule has 4 aliphatic rings. The van der Waals surface area contributed by atoms with Crippen LogP contribution in [0.4, 0.5) is 11.5 Å². The Morgan fingerprint density at radius 2 is 1.51 bits per heavy atom. The number of pyridine rings is 2. The van der Waals surface area contributed by atoms with Gasteiger partial charge in [-0.2, -0.15) is 0 Å². The second-order valence-corrected chi connectivity index (χ2v) is 16.6. The normalized spacial score (nSPS) is 19.7. The molecule has 2 aromatic carbocycles. The van der Waals surface area contributed by atoms with Gasteiger partial charge in [0.15, 0.2) is 0 Å². The predicted molar refractivity (Wildman–Crippen MR) is 228 cm³/mol. The predicted octanol–water partition coefficient (Wildman–Crippen LogP) is 3.49. The van der Waals surface area contributed by atoms with Gasteiger partial charge in [0, 0.05) is 102 Å². The molecule has 0 radical (unpaired) electrons. The molecule has 1 unspecified atom stereocenters. The molecule has 0 aliphatic carbocycles. The van der Waals surface area contributed by atoms with Crippen LogP contribution in [-0.4, -0.2) is 113 Å². The van der Waals surface area contributed by atoms with E-state index in [0.29, 0.717) is 23.2 Å². The molecule has 310 valence electrons. The van der Waals surface area contributed by atoms with Gasteiger partial charge in [0.25, 0.3) is 5.56 Å². The van der Waals surface area contributed by atoms with E-state index in [0.717, 1.165) is 135 Å². The number of benzene rings is 2. The summed E-state index contributed by atoms with van der Waals surface area (Å²) in [4.78, 5) is 65.1. The molecular formula is C44H53N9O6. The minimum Gasteiger partial charge on any atom is -0.496 e. The lowest BCUT2D eigenvalue weighted by Gasteiger charge is -2.39. The van der Waals surface area contributed by atoms with Crippen molar-refractivity contribution >= 4 is 45.1 Å². The molecule has 9 rings (SSSR count). The summed E-state index contributed by atoms with van der Waals surface area (Å²) in [5, 5.41) is 3.85. The van der Waals surface area contributed by atoms with Gasteiger partial charge in [-0.3, -0.25) is 38.6 Å². The van der Waals surface area contributed by atoms with Crippen molar-refractivity contribution in [3.63, 3.8) is 0 Å². The number of fused-ring (bicyclic) bond motifs is 2. The highest BCUT2D eigenvalue weighted by atomic mass is 16.5. The van der Waals surface area contributed by atoms with Gasteiger partial charge in [-0.25, -0.2) is 9.78 Å². The number of nitrogens with one attached hydrogen (secondary N) is 1. The first-order chi connectivity index (χ1) is 28.6. The zero-order chi connectivity index (χ0) is 40.9. The molecule has 1 N–H and O–H groups in total. The number of rotatable bonds is 10. The van der Waals surface area contributed by atoms with Gasteiger partial charge in [-0.05, 0) is 86.7 Å². The zero-order valence-electron chi connectivity index (χ0n) is 34.4. The standard InChI is InChI=1S/C44H53N9O6/c1-47-26-33(31-23-40(52-12-5-13-52)45-24-32(31)43(47)56)29-20-38(58-3)34(39(21-29)59-4)27-49-14-10-28(11-15-49)25-50-16-18-51(19-17-50)30-6-7-35-37(22-30)48(2)44(57)53(35)36-8-9-41(54)46-42(36)55/h6-7,20-24,26,28,36H,5,8-19,25,27H2,1-4H3,(H,46,54,55). The van der Waals surface area contributed by atoms with Crippen molar-refractivity contribution in [2.75, 3.05) is 82.9 Å². The van der Waals surface area contributed by atoms with Crippen molar-refractivity contribution in [2.45, 2.75) is 44.7 Å². The number of carbonyl (C=O) groups excluding carboxylic acids is 2. The molecule has 0 saturated carbocycles. The van der Waals surface area contributed by atoms with E-state index in [4.69, 9.17) is 9.47 Å². The largest absolute Gasteiger partial charge is 0.496 e. The number of imidazole rings is 1. The lowest BCUT2D eigenvalue weighted by molar-refractivity contribution is -0.135. The first kappa shape index (κ1) is 38.8. The Hall–Kier alpha value is -5.67. The smallest absolute Gasteiger partial charge is 0.329 e. The molecule has 5 aromatic rings. The van der Waals surface area contributed by atoms with Crippen molar-refractivity contribution < 1.29 is 19.1 Å². The van der Waals surface area contributed by atoms with Crippen molar-refractivity contribution in [1.82, 2.24) is 33.8 Å². The molecular weight excluding hydrogens is 751 g/mol. The molecule has 4 fully saturated rings. The maximum atomic E-state index is 13.3. The summed E-state index contributed by atoms with van der Waals surface area (Å²) in [7, 11) is 6.94. The molecule has 15 heteroatoms. The third-order valence-electron chi connectivity index (χ3n) is 13.1. The van der Waals surface area contributed by atoms with E-state index < -0.39 is 11.9 Å². The fraction of sp³-hybridized carbons (Fsp3) is 0.477. The van der Waals surface area contributed by atoms with Gasteiger partial charge in [-0.1, -0.05) is 0 Å². The number of nitrogens with zero attached hydrogens (tertiary/aromatic N) is 8. The lowest BCUT2D eigenvalue weighted by atomic mass is 9.94. The fourth-order valence-corrected chi connectivity index (χ4v) is 9.48. The number of imide groups is 1. The summed E-state index contributed by atoms with van der Waals surface area (Å²) in [5.41, 5.74) is 5.12. The monoisotopic (exact) mass is 803 g/mol. The van der Waals surface area contributed by atoms with Crippen LogP contribution < -0.4 is 35.8 Å². The van der Waals surface area contributed by atoms with Crippen LogP contribution in [-0.2, 0) is 30.2 Å². The number of piperazine rings is 1. The third-order valence-corrected chi connectivity index (χ3v) is 13.1. The van der Waals surface area contributed by atoms with Gasteiger partial charge >= 0.3 is 5.69 Å². The number of aryl methyl sites for hydroxylation is 2. The van der Waals surface area contributed by atoms with Crippen LogP contribution in [0, 0.1) is 5.92 Å². The number of hydrogen-bond acceptors (Lipinski definition) is 11. The SMILES string of the molecule is COc1cc(-c2cn(C)c(=O)c3cnc(N4CCC4)cc23)cc(OC)c1CN1CCC(CN2CCN(c3ccc4c(c3)n(C)c(=O)n4C3CCC(=O)NC3=O)CC2)CC1. The highest BCUT2D eigenvalue weighted by Crippen LogP contribution is 2.39. The van der Waals surface area contributed by atoms with Crippen LogP contribution in [0.25, 0.3) is 32.9 Å². The number of aromatic nitrogens is 4. The Labute approximate surface area is 342 Å². The Balaban J connectivity index is 0.827. The average molecular weight is 804 g/mol. The van der Waals surface area contributed by atoms with Crippen LogP contribution in [0.3, 0.4) is 0 Å². The second-order valence-electron chi connectivity index (χ2n) is 16.6. The van der Waals surface area contributed by atoms with Crippen LogP contribution in [0.2, 0.25) is 0 Å². The molecule has 2 amide bonds. The Morgan fingerprint density at radius 1 is 0.780 bits per heavy atom. The van der Waals surface area contributed by atoms with Gasteiger partial charge in [-0.15, -0.1) is 0 Å². The first-order valence-electron chi connectivity index (χ1n) is 20.8. The lowest BCUT2D eigenvalue weighted by Crippen LogP contribution is -2.48. The average Bonchev–Trinajstić information content (AvgIpc) is 3.47. The summed E-state index contributed by atoms with van der Waals surface area (Å²) in [6.45, 7) is 9.47. The van der Waals surface area contributed by atoms with Crippen molar-refractivity contribution in [2.24, 2.45) is 20.0 Å². The van der Waals surface area contributed by atoms with Crippen LogP contribution in [0.1, 0.15) is 43.7 Å². The molecule has 4 saturated heterocycles. The molecule has 0 bridgehead atoms. The summed E-state index contributed by atoms with van der Waals surface area (Å²) < 4.78 is 16.8. The van der Waals surface area contributed by atoms with Crippen molar-refractivity contribution in [3.8, 4) is 22.6 Å². The Morgan fingerprint density at radius 3 is 2.17 bits per heavy atom. The molecule has 0 spiro atoms. The quantitative estimate of drug-likeness (QED) is 0.208. The Bertz CT molecular complexity index is 2530. The van der Waals surface area contributed by atoms with Crippen LogP contribution in [0.5, 0.6) is 11.5 Å². The molecule has 4 aliphatic heterocycles. The molecule has 59 heavy (non-hydrogen) atoms. The minimum atomic E-state index is -0.690. The summed E-state index contributed by atoms with van der Waals surface area (Å²) in [6.07, 6.45) is 7.54. The zero-order valence-corrected chi connectivity index (χ0v) is 34.4. The van der Waals surface area contributed by atoms with E-state index in [1.54, 1.807) is 43.6 Å². The van der Waals surface area contributed by atoms with Crippen LogP contribution in [0.15, 0.2) is 58.4 Å². The van der Waals surface area contributed by atoms with Gasteiger partial charge in [0.1, 0.15) is 23.4 Å². The highest BCUT2D eigenvalue weighted by Gasteiger charge is 2.32. The van der Waals surface area contributed by atoms with Gasteiger partial charge < -0.3 is 23.8 Å². The second kappa shape index (κ2) is 15.8. The number of piperidine rings is 2.